The Morgan fingerprint density at radius 3 is 2.50 bits per heavy atom. The van der Waals surface area contributed by atoms with Crippen molar-refractivity contribution < 1.29 is 5.11 Å². The minimum atomic E-state index is -0.601. The summed E-state index contributed by atoms with van der Waals surface area (Å²) in [5.41, 5.74) is 3.79. The molecule has 0 saturated heterocycles. The maximum absolute atomic E-state index is 10.6. The lowest BCUT2D eigenvalue weighted by Gasteiger charge is -2.20. The number of aromatic nitrogens is 1. The first-order valence-corrected chi connectivity index (χ1v) is 6.30. The Hall–Kier alpha value is -1.19. The van der Waals surface area contributed by atoms with Gasteiger partial charge >= 0.3 is 0 Å². The van der Waals surface area contributed by atoms with Gasteiger partial charge in [0, 0.05) is 30.3 Å². The van der Waals surface area contributed by atoms with Gasteiger partial charge in [-0.2, -0.15) is 0 Å². The quantitative estimate of drug-likeness (QED) is 0.859. The van der Waals surface area contributed by atoms with Gasteiger partial charge in [-0.1, -0.05) is 24.3 Å². The largest absolute Gasteiger partial charge is 0.389 e. The molecule has 2 nitrogen and oxygen atoms in total. The van der Waals surface area contributed by atoms with Crippen LogP contribution in [0, 0.1) is 0 Å². The van der Waals surface area contributed by atoms with Gasteiger partial charge in [-0.25, -0.2) is 0 Å². The number of hydrogen-bond acceptors (Lipinski definition) is 3. The summed E-state index contributed by atoms with van der Waals surface area (Å²) >= 11 is 1.62. The van der Waals surface area contributed by atoms with Crippen LogP contribution in [0.3, 0.4) is 0 Å². The predicted molar refractivity (Wildman–Crippen MR) is 64.6 cm³/mol. The average Bonchev–Trinajstić information content (AvgIpc) is 2.83. The molecular weight excluding hydrogens is 218 g/mol. The molecule has 0 aliphatic heterocycles. The van der Waals surface area contributed by atoms with Crippen molar-refractivity contribution >= 4 is 11.3 Å². The molecule has 1 aliphatic rings. The van der Waals surface area contributed by atoms with E-state index in [1.165, 1.54) is 11.1 Å². The second-order valence-corrected chi connectivity index (χ2v) is 5.46. The van der Waals surface area contributed by atoms with Gasteiger partial charge in [0.1, 0.15) is 0 Å². The summed E-state index contributed by atoms with van der Waals surface area (Å²) in [7, 11) is 0. The molecule has 1 aromatic carbocycles. The number of rotatable bonds is 2. The lowest BCUT2D eigenvalue weighted by atomic mass is 9.96. The molecule has 0 bridgehead atoms. The summed E-state index contributed by atoms with van der Waals surface area (Å²) in [5, 5.41) is 10.6. The number of thiazole rings is 1. The predicted octanol–water partition coefficient (Wildman–Crippen LogP) is 2.22. The van der Waals surface area contributed by atoms with Gasteiger partial charge in [0.25, 0.3) is 0 Å². The smallest absolute Gasteiger partial charge is 0.0794 e. The molecule has 3 rings (SSSR count). The minimum absolute atomic E-state index is 0.601. The van der Waals surface area contributed by atoms with Crippen LogP contribution in [0.15, 0.2) is 36.0 Å². The Kier molecular flexibility index (Phi) is 2.30. The highest BCUT2D eigenvalue weighted by Gasteiger charge is 2.35. The van der Waals surface area contributed by atoms with Crippen molar-refractivity contribution in [3.63, 3.8) is 0 Å². The van der Waals surface area contributed by atoms with E-state index in [2.05, 4.69) is 17.1 Å². The first-order chi connectivity index (χ1) is 7.75. The van der Waals surface area contributed by atoms with E-state index in [9.17, 15) is 5.11 Å². The minimum Gasteiger partial charge on any atom is -0.389 e. The van der Waals surface area contributed by atoms with Crippen LogP contribution in [0.25, 0.3) is 0 Å². The van der Waals surface area contributed by atoms with Crippen LogP contribution < -0.4 is 0 Å². The molecule has 1 aliphatic carbocycles. The van der Waals surface area contributed by atoms with E-state index in [1.54, 1.807) is 11.3 Å². The number of benzene rings is 1. The van der Waals surface area contributed by atoms with Crippen LogP contribution in [0.4, 0.5) is 0 Å². The van der Waals surface area contributed by atoms with Crippen molar-refractivity contribution in [2.45, 2.75) is 24.9 Å². The van der Waals surface area contributed by atoms with Crippen LogP contribution in [0.2, 0.25) is 0 Å². The topological polar surface area (TPSA) is 33.1 Å². The molecule has 0 atom stereocenters. The van der Waals surface area contributed by atoms with E-state index >= 15 is 0 Å². The third kappa shape index (κ3) is 1.77. The summed E-state index contributed by atoms with van der Waals surface area (Å²) in [6.07, 6.45) is 4.10. The van der Waals surface area contributed by atoms with E-state index < -0.39 is 5.60 Å². The van der Waals surface area contributed by atoms with Gasteiger partial charge < -0.3 is 5.11 Å². The third-order valence-electron chi connectivity index (χ3n) is 3.14. The van der Waals surface area contributed by atoms with Gasteiger partial charge in [0.05, 0.1) is 11.1 Å². The Labute approximate surface area is 98.6 Å². The molecular formula is C13H13NOS. The van der Waals surface area contributed by atoms with Gasteiger partial charge in [-0.05, 0) is 11.1 Å². The zero-order chi connectivity index (χ0) is 11.0. The fourth-order valence-electron chi connectivity index (χ4n) is 2.45. The third-order valence-corrected chi connectivity index (χ3v) is 3.92. The first kappa shape index (κ1) is 10.00. The van der Waals surface area contributed by atoms with E-state index in [0.717, 1.165) is 17.7 Å². The number of aliphatic hydroxyl groups is 1. The van der Waals surface area contributed by atoms with Gasteiger partial charge in [0.15, 0.2) is 0 Å². The molecule has 0 radical (unpaired) electrons. The monoisotopic (exact) mass is 231 g/mol. The van der Waals surface area contributed by atoms with Crippen molar-refractivity contribution in [2.24, 2.45) is 0 Å². The van der Waals surface area contributed by atoms with Crippen LogP contribution in [0.1, 0.15) is 16.0 Å². The van der Waals surface area contributed by atoms with E-state index in [0.29, 0.717) is 6.42 Å². The molecule has 0 fully saturated rings. The Bertz CT molecular complexity index is 462. The second-order valence-electron chi connectivity index (χ2n) is 4.49. The maximum atomic E-state index is 10.6. The molecule has 1 N–H and O–H groups in total. The van der Waals surface area contributed by atoms with Gasteiger partial charge in [0.2, 0.25) is 0 Å². The van der Waals surface area contributed by atoms with E-state index in [-0.39, 0.29) is 0 Å². The fraction of sp³-hybridized carbons (Fsp3) is 0.308. The molecule has 1 heterocycles. The normalized spacial score (nSPS) is 17.3. The Morgan fingerprint density at radius 1 is 1.25 bits per heavy atom. The molecule has 0 saturated carbocycles. The molecule has 2 aromatic rings. The second kappa shape index (κ2) is 3.68. The number of hydrogen-bond donors (Lipinski definition) is 1. The molecule has 82 valence electrons. The summed E-state index contributed by atoms with van der Waals surface area (Å²) in [4.78, 5) is 5.21. The fourth-order valence-corrected chi connectivity index (χ4v) is 3.18. The van der Waals surface area contributed by atoms with Crippen LogP contribution in [0.5, 0.6) is 0 Å². The highest BCUT2D eigenvalue weighted by Crippen LogP contribution is 2.33. The molecule has 0 spiro atoms. The Balaban J connectivity index is 1.83. The van der Waals surface area contributed by atoms with Crippen LogP contribution in [-0.4, -0.2) is 15.7 Å². The molecule has 0 amide bonds. The molecule has 1 aromatic heterocycles. The van der Waals surface area contributed by atoms with E-state index in [1.807, 2.05) is 23.8 Å². The zero-order valence-electron chi connectivity index (χ0n) is 8.89. The van der Waals surface area contributed by atoms with Crippen LogP contribution in [-0.2, 0) is 19.3 Å². The van der Waals surface area contributed by atoms with Crippen molar-refractivity contribution in [3.05, 3.63) is 52.0 Å². The number of fused-ring (bicyclic) bond motifs is 1. The molecule has 3 heteroatoms. The maximum Gasteiger partial charge on any atom is 0.0794 e. The van der Waals surface area contributed by atoms with Crippen molar-refractivity contribution in [1.82, 2.24) is 4.98 Å². The summed E-state index contributed by atoms with van der Waals surface area (Å²) in [6, 6.07) is 8.30. The van der Waals surface area contributed by atoms with Crippen molar-refractivity contribution in [2.75, 3.05) is 0 Å². The number of nitrogens with zero attached hydrogens (tertiary/aromatic N) is 1. The van der Waals surface area contributed by atoms with Gasteiger partial charge in [-0.15, -0.1) is 11.3 Å². The summed E-state index contributed by atoms with van der Waals surface area (Å²) in [6.45, 7) is 0. The average molecular weight is 231 g/mol. The van der Waals surface area contributed by atoms with Gasteiger partial charge in [-0.3, -0.25) is 4.98 Å². The summed E-state index contributed by atoms with van der Waals surface area (Å²) < 4.78 is 0. The lowest BCUT2D eigenvalue weighted by molar-refractivity contribution is 0.0526. The zero-order valence-corrected chi connectivity index (χ0v) is 9.70. The highest BCUT2D eigenvalue weighted by molar-refractivity contribution is 7.09. The van der Waals surface area contributed by atoms with Crippen LogP contribution >= 0.6 is 11.3 Å². The standard InChI is InChI=1S/C13H13NOS/c15-13(7-12-8-14-9-16-12)5-10-3-1-2-4-11(10)6-13/h1-4,8-9,15H,5-7H2. The lowest BCUT2D eigenvalue weighted by Crippen LogP contribution is -2.31. The molecule has 16 heavy (non-hydrogen) atoms. The SMILES string of the molecule is OC1(Cc2cncs2)Cc2ccccc2C1. The first-order valence-electron chi connectivity index (χ1n) is 5.42. The Morgan fingerprint density at radius 2 is 1.94 bits per heavy atom. The summed E-state index contributed by atoms with van der Waals surface area (Å²) in [5.74, 6) is 0. The molecule has 0 unspecified atom stereocenters. The highest BCUT2D eigenvalue weighted by atomic mass is 32.1. The van der Waals surface area contributed by atoms with Crippen molar-refractivity contribution in [3.8, 4) is 0 Å². The van der Waals surface area contributed by atoms with E-state index in [4.69, 9.17) is 0 Å². The van der Waals surface area contributed by atoms with Crippen molar-refractivity contribution in [1.29, 1.82) is 0 Å².